The molecule has 76 valence electrons. The number of hydrogen-bond acceptors (Lipinski definition) is 1. The van der Waals surface area contributed by atoms with Gasteiger partial charge < -0.3 is 10.8 Å². The number of rotatable bonds is 3. The fourth-order valence-electron chi connectivity index (χ4n) is 1.12. The maximum absolute atomic E-state index is 11.1. The first-order chi connectivity index (χ1) is 6.61. The van der Waals surface area contributed by atoms with Crippen molar-refractivity contribution in [1.29, 1.82) is 0 Å². The smallest absolute Gasteiger partial charge is 0.234 e. The monoisotopic (exact) mass is 211 g/mol. The van der Waals surface area contributed by atoms with Crippen LogP contribution in [0.1, 0.15) is 17.7 Å². The quantitative estimate of drug-likeness (QED) is 0.522. The first-order valence-electron chi connectivity index (χ1n) is 4.19. The normalized spacial score (nSPS) is 14.3. The van der Waals surface area contributed by atoms with E-state index in [1.807, 2.05) is 30.3 Å². The zero-order valence-electron chi connectivity index (χ0n) is 7.84. The lowest BCUT2D eigenvalue weighted by atomic mass is 10.1. The van der Waals surface area contributed by atoms with E-state index in [9.17, 15) is 4.79 Å². The Morgan fingerprint density at radius 1 is 1.43 bits per heavy atom. The summed E-state index contributed by atoms with van der Waals surface area (Å²) >= 11 is 0.547. The van der Waals surface area contributed by atoms with Crippen molar-refractivity contribution in [3.8, 4) is 0 Å². The van der Waals surface area contributed by atoms with Crippen molar-refractivity contribution in [3.05, 3.63) is 35.9 Å². The molecule has 1 unspecified atom stereocenters. The van der Waals surface area contributed by atoms with Crippen LogP contribution in [-0.4, -0.2) is 16.1 Å². The Morgan fingerprint density at radius 3 is 2.43 bits per heavy atom. The van der Waals surface area contributed by atoms with Gasteiger partial charge in [-0.15, -0.1) is 0 Å². The second kappa shape index (κ2) is 4.93. The van der Waals surface area contributed by atoms with Gasteiger partial charge in [-0.2, -0.15) is 11.4 Å². The number of amides is 1. The van der Waals surface area contributed by atoms with E-state index in [1.54, 1.807) is 6.92 Å². The van der Waals surface area contributed by atoms with Crippen LogP contribution < -0.4 is 5.73 Å². The number of nitrogens with two attached hydrogens (primary N) is 1. The molecule has 4 heteroatoms. The van der Waals surface area contributed by atoms with Crippen molar-refractivity contribution in [2.45, 2.75) is 12.2 Å². The summed E-state index contributed by atoms with van der Waals surface area (Å²) in [5.74, 6) is -0.425. The molecule has 1 rings (SSSR count). The number of carbonyl (C=O) groups excluding carboxylic acids is 1. The average Bonchev–Trinajstić information content (AvgIpc) is 2.15. The Kier molecular flexibility index (Phi) is 3.85. The molecule has 1 atom stereocenters. The third kappa shape index (κ3) is 2.97. The molecule has 0 fully saturated rings. The van der Waals surface area contributed by atoms with Gasteiger partial charge in [0, 0.05) is 0 Å². The molecule has 1 aromatic rings. The number of hydrogen-bond donors (Lipinski definition) is 3. The van der Waals surface area contributed by atoms with Crippen LogP contribution in [-0.2, 0) is 4.79 Å². The van der Waals surface area contributed by atoms with E-state index in [0.29, 0.717) is 11.4 Å². The zero-order valence-corrected chi connectivity index (χ0v) is 8.74. The fourth-order valence-corrected chi connectivity index (χ4v) is 1.95. The topological polar surface area (TPSA) is 63.3 Å². The number of aliphatic hydroxyl groups is 1. The van der Waals surface area contributed by atoms with Crippen molar-refractivity contribution in [2.24, 2.45) is 5.73 Å². The van der Waals surface area contributed by atoms with E-state index in [0.717, 1.165) is 5.56 Å². The summed E-state index contributed by atoms with van der Waals surface area (Å²) in [6.45, 7) is 1.56. The van der Waals surface area contributed by atoms with Crippen molar-refractivity contribution < 1.29 is 9.90 Å². The summed E-state index contributed by atoms with van der Waals surface area (Å²) in [6.07, 6.45) is 0. The molecule has 1 aromatic carbocycles. The average molecular weight is 211 g/mol. The minimum Gasteiger partial charge on any atom is -0.368 e. The number of benzene rings is 1. The predicted octanol–water partition coefficient (Wildman–Crippen LogP) is 1.39. The van der Waals surface area contributed by atoms with Crippen molar-refractivity contribution in [2.75, 3.05) is 0 Å². The van der Waals surface area contributed by atoms with Gasteiger partial charge in [0.25, 0.3) is 0 Å². The highest BCUT2D eigenvalue weighted by atomic mass is 32.1. The highest BCUT2D eigenvalue weighted by Crippen LogP contribution is 2.23. The molecule has 0 spiro atoms. The van der Waals surface area contributed by atoms with Gasteiger partial charge in [-0.1, -0.05) is 30.3 Å². The lowest BCUT2D eigenvalue weighted by Gasteiger charge is -2.09. The molecular formula is C10H13NO2S. The molecule has 0 aliphatic heterocycles. The van der Waals surface area contributed by atoms with Crippen LogP contribution in [0.15, 0.2) is 30.3 Å². The first-order valence-corrected chi connectivity index (χ1v) is 5.15. The van der Waals surface area contributed by atoms with Crippen LogP contribution >= 0.6 is 11.4 Å². The molecular weight excluding hydrogens is 198 g/mol. The van der Waals surface area contributed by atoms with Gasteiger partial charge in [0.05, 0.1) is 5.05 Å². The van der Waals surface area contributed by atoms with Crippen LogP contribution in [0.4, 0.5) is 0 Å². The van der Waals surface area contributed by atoms with Crippen LogP contribution in [0.2, 0.25) is 0 Å². The van der Waals surface area contributed by atoms with E-state index in [2.05, 4.69) is 0 Å². The van der Waals surface area contributed by atoms with Gasteiger partial charge >= 0.3 is 0 Å². The van der Waals surface area contributed by atoms with E-state index >= 15 is 0 Å². The van der Waals surface area contributed by atoms with Crippen molar-refractivity contribution in [1.82, 2.24) is 0 Å². The second-order valence-corrected chi connectivity index (χ2v) is 4.31. The number of thiol groups is 1. The van der Waals surface area contributed by atoms with Gasteiger partial charge in [-0.05, 0) is 12.5 Å². The summed E-state index contributed by atoms with van der Waals surface area (Å²) in [5, 5.41) is 8.86. The molecule has 3 nitrogen and oxygen atoms in total. The summed E-state index contributed by atoms with van der Waals surface area (Å²) in [6, 6.07) is 9.20. The van der Waals surface area contributed by atoms with E-state index in [-0.39, 0.29) is 5.05 Å². The van der Waals surface area contributed by atoms with E-state index in [4.69, 9.17) is 10.8 Å². The van der Waals surface area contributed by atoms with Crippen LogP contribution in [0, 0.1) is 0 Å². The molecule has 0 aliphatic carbocycles. The highest BCUT2D eigenvalue weighted by molar-refractivity contribution is 7.99. The Morgan fingerprint density at radius 2 is 2.00 bits per heavy atom. The SMILES string of the molecule is CC(O)=[SH]C(C(N)=O)c1ccccc1. The molecule has 0 saturated carbocycles. The lowest BCUT2D eigenvalue weighted by Crippen LogP contribution is -2.18. The minimum atomic E-state index is -0.457. The van der Waals surface area contributed by atoms with Gasteiger partial charge in [-0.25, -0.2) is 0 Å². The van der Waals surface area contributed by atoms with Crippen LogP contribution in [0.25, 0.3) is 0 Å². The number of primary amides is 1. The third-order valence-electron chi connectivity index (χ3n) is 1.70. The Bertz CT molecular complexity index is 344. The van der Waals surface area contributed by atoms with Crippen molar-refractivity contribution >= 4 is 22.3 Å². The molecule has 0 aliphatic rings. The first kappa shape index (κ1) is 10.9. The van der Waals surface area contributed by atoms with E-state index < -0.39 is 11.2 Å². The summed E-state index contributed by atoms with van der Waals surface area (Å²) in [5.41, 5.74) is 6.08. The number of aliphatic hydroxyl groups excluding tert-OH is 1. The standard InChI is InChI=1S/C10H13NO2S/c1-7(12)14-9(10(11)13)8-5-3-2-4-6-8/h2-6,9,12,14H,1H3,(H2,11,13). The second-order valence-electron chi connectivity index (χ2n) is 2.89. The van der Waals surface area contributed by atoms with Crippen LogP contribution in [0.5, 0.6) is 0 Å². The van der Waals surface area contributed by atoms with Gasteiger partial charge in [0.2, 0.25) is 5.91 Å². The number of carbonyl (C=O) groups is 1. The minimum absolute atomic E-state index is 0.192. The van der Waals surface area contributed by atoms with E-state index in [1.165, 1.54) is 0 Å². The third-order valence-corrected chi connectivity index (χ3v) is 2.89. The van der Waals surface area contributed by atoms with Gasteiger partial charge in [0.1, 0.15) is 5.25 Å². The maximum Gasteiger partial charge on any atom is 0.234 e. The molecule has 0 radical (unpaired) electrons. The van der Waals surface area contributed by atoms with Gasteiger partial charge in [0.15, 0.2) is 0 Å². The Labute approximate surface area is 86.5 Å². The maximum atomic E-state index is 11.1. The molecule has 3 N–H and O–H groups in total. The molecule has 0 saturated heterocycles. The molecule has 14 heavy (non-hydrogen) atoms. The molecule has 1 amide bonds. The zero-order chi connectivity index (χ0) is 10.6. The highest BCUT2D eigenvalue weighted by Gasteiger charge is 2.14. The van der Waals surface area contributed by atoms with Gasteiger partial charge in [-0.3, -0.25) is 4.79 Å². The lowest BCUT2D eigenvalue weighted by molar-refractivity contribution is -0.117. The summed E-state index contributed by atoms with van der Waals surface area (Å²) in [4.78, 5) is 11.1. The largest absolute Gasteiger partial charge is 0.368 e. The molecule has 0 heterocycles. The molecule has 0 bridgehead atoms. The summed E-state index contributed by atoms with van der Waals surface area (Å²) < 4.78 is 0. The molecule has 0 aromatic heterocycles. The Balaban J connectivity index is 3.01. The fraction of sp³-hybridized carbons (Fsp3) is 0.200. The summed E-state index contributed by atoms with van der Waals surface area (Å²) in [7, 11) is 0. The predicted molar refractivity (Wildman–Crippen MR) is 60.7 cm³/mol. The van der Waals surface area contributed by atoms with Crippen LogP contribution in [0.3, 0.4) is 0 Å². The van der Waals surface area contributed by atoms with Crippen molar-refractivity contribution in [3.63, 3.8) is 0 Å². The Hall–Kier alpha value is -1.13.